The van der Waals surface area contributed by atoms with E-state index in [1.807, 2.05) is 6.92 Å². The Morgan fingerprint density at radius 3 is 2.43 bits per heavy atom. The van der Waals surface area contributed by atoms with Gasteiger partial charge in [0.25, 0.3) is 0 Å². The second kappa shape index (κ2) is 4.12. The Labute approximate surface area is 86.9 Å². The fourth-order valence-electron chi connectivity index (χ4n) is 1.73. The van der Waals surface area contributed by atoms with Crippen LogP contribution in [-0.2, 0) is 4.79 Å². The molecule has 0 aromatic heterocycles. The predicted octanol–water partition coefficient (Wildman–Crippen LogP) is 3.51. The summed E-state index contributed by atoms with van der Waals surface area (Å²) in [5, 5.41) is 0. The van der Waals surface area contributed by atoms with Gasteiger partial charge in [-0.15, -0.1) is 0 Å². The normalized spacial score (nSPS) is 24.0. The maximum Gasteiger partial charge on any atom is 0.165 e. The number of carbonyl (C=O) groups is 1. The lowest BCUT2D eigenvalue weighted by molar-refractivity contribution is -0.117. The monoisotopic (exact) mass is 192 g/mol. The van der Waals surface area contributed by atoms with Gasteiger partial charge in [0, 0.05) is 11.5 Å². The van der Waals surface area contributed by atoms with Crippen LogP contribution in [0.3, 0.4) is 0 Å². The highest BCUT2D eigenvalue weighted by molar-refractivity contribution is 6.02. The summed E-state index contributed by atoms with van der Waals surface area (Å²) in [6, 6.07) is 0. The molecule has 0 N–H and O–H groups in total. The molecule has 0 aromatic rings. The summed E-state index contributed by atoms with van der Waals surface area (Å²) in [6.07, 6.45) is 3.02. The van der Waals surface area contributed by atoms with Crippen LogP contribution in [0.5, 0.6) is 0 Å². The van der Waals surface area contributed by atoms with E-state index in [1.165, 1.54) is 11.1 Å². The number of rotatable bonds is 2. The minimum Gasteiger partial charge on any atom is -0.294 e. The number of Topliss-reactive ketones (excluding diaryl/α,β-unsaturated/α-hetero) is 1. The van der Waals surface area contributed by atoms with E-state index in [4.69, 9.17) is 0 Å². The van der Waals surface area contributed by atoms with Crippen molar-refractivity contribution in [3.8, 4) is 0 Å². The van der Waals surface area contributed by atoms with Gasteiger partial charge in [-0.1, -0.05) is 38.0 Å². The van der Waals surface area contributed by atoms with Gasteiger partial charge in [-0.25, -0.2) is 0 Å². The standard InChI is InChI=1S/C13H20O/c1-8(2)9(3)7-12-10(4)6-11(5)13(12)14/h7-8,11H,6H2,1-5H3/b9-7+. The summed E-state index contributed by atoms with van der Waals surface area (Å²) in [5.41, 5.74) is 3.51. The Hall–Kier alpha value is -0.850. The average molecular weight is 192 g/mol. The number of hydrogen-bond acceptors (Lipinski definition) is 1. The SMILES string of the molecule is CC1=C(/C=C(\C)C(C)C)C(=O)C(C)C1. The molecular formula is C13H20O. The zero-order chi connectivity index (χ0) is 10.9. The molecule has 0 spiro atoms. The number of ketones is 1. The van der Waals surface area contributed by atoms with Gasteiger partial charge in [0.15, 0.2) is 5.78 Å². The van der Waals surface area contributed by atoms with Crippen molar-refractivity contribution in [1.82, 2.24) is 0 Å². The molecular weight excluding hydrogens is 172 g/mol. The van der Waals surface area contributed by atoms with Crippen LogP contribution in [0, 0.1) is 11.8 Å². The molecule has 1 atom stereocenters. The van der Waals surface area contributed by atoms with Crippen LogP contribution in [0.25, 0.3) is 0 Å². The lowest BCUT2D eigenvalue weighted by Crippen LogP contribution is -2.05. The van der Waals surface area contributed by atoms with Crippen LogP contribution in [0.4, 0.5) is 0 Å². The Balaban J connectivity index is 2.94. The van der Waals surface area contributed by atoms with Gasteiger partial charge in [-0.2, -0.15) is 0 Å². The fraction of sp³-hybridized carbons (Fsp3) is 0.615. The lowest BCUT2D eigenvalue weighted by Gasteiger charge is -2.05. The van der Waals surface area contributed by atoms with Crippen LogP contribution in [0.2, 0.25) is 0 Å². The topological polar surface area (TPSA) is 17.1 Å². The third-order valence-electron chi connectivity index (χ3n) is 3.07. The number of carbonyl (C=O) groups excluding carboxylic acids is 1. The average Bonchev–Trinajstić information content (AvgIpc) is 2.32. The van der Waals surface area contributed by atoms with Crippen molar-refractivity contribution in [3.05, 3.63) is 22.8 Å². The molecule has 1 rings (SSSR count). The quantitative estimate of drug-likeness (QED) is 0.654. The Kier molecular flexibility index (Phi) is 3.30. The molecule has 14 heavy (non-hydrogen) atoms. The molecule has 0 radical (unpaired) electrons. The van der Waals surface area contributed by atoms with Crippen molar-refractivity contribution in [2.75, 3.05) is 0 Å². The molecule has 0 aromatic carbocycles. The fourth-order valence-corrected chi connectivity index (χ4v) is 1.73. The highest BCUT2D eigenvalue weighted by Crippen LogP contribution is 2.29. The third-order valence-corrected chi connectivity index (χ3v) is 3.07. The molecule has 0 saturated carbocycles. The summed E-state index contributed by atoms with van der Waals surface area (Å²) in [5.74, 6) is 1.04. The van der Waals surface area contributed by atoms with Crippen molar-refractivity contribution in [2.24, 2.45) is 11.8 Å². The van der Waals surface area contributed by atoms with E-state index < -0.39 is 0 Å². The second-order valence-electron chi connectivity index (χ2n) is 4.71. The van der Waals surface area contributed by atoms with Crippen LogP contribution in [0.15, 0.2) is 22.8 Å². The zero-order valence-electron chi connectivity index (χ0n) is 9.85. The van der Waals surface area contributed by atoms with Crippen molar-refractivity contribution < 1.29 is 4.79 Å². The van der Waals surface area contributed by atoms with Gasteiger partial charge >= 0.3 is 0 Å². The summed E-state index contributed by atoms with van der Waals surface area (Å²) < 4.78 is 0. The van der Waals surface area contributed by atoms with E-state index in [1.54, 1.807) is 0 Å². The molecule has 1 aliphatic carbocycles. The van der Waals surface area contributed by atoms with Crippen LogP contribution >= 0.6 is 0 Å². The molecule has 0 amide bonds. The van der Waals surface area contributed by atoms with Crippen LogP contribution < -0.4 is 0 Å². The van der Waals surface area contributed by atoms with Gasteiger partial charge in [0.05, 0.1) is 0 Å². The van der Waals surface area contributed by atoms with E-state index in [-0.39, 0.29) is 5.92 Å². The van der Waals surface area contributed by atoms with Gasteiger partial charge in [-0.3, -0.25) is 4.79 Å². The molecule has 0 fully saturated rings. The maximum atomic E-state index is 11.8. The largest absolute Gasteiger partial charge is 0.294 e. The second-order valence-corrected chi connectivity index (χ2v) is 4.71. The minimum absolute atomic E-state index is 0.196. The summed E-state index contributed by atoms with van der Waals surface area (Å²) in [6.45, 7) is 10.5. The van der Waals surface area contributed by atoms with Crippen molar-refractivity contribution >= 4 is 5.78 Å². The van der Waals surface area contributed by atoms with Crippen LogP contribution in [0.1, 0.15) is 41.0 Å². The molecule has 0 bridgehead atoms. The summed E-state index contributed by atoms with van der Waals surface area (Å²) in [4.78, 5) is 11.8. The molecule has 1 unspecified atom stereocenters. The van der Waals surface area contributed by atoms with Gasteiger partial charge < -0.3 is 0 Å². The zero-order valence-corrected chi connectivity index (χ0v) is 9.85. The molecule has 0 heterocycles. The highest BCUT2D eigenvalue weighted by Gasteiger charge is 2.25. The molecule has 0 aliphatic heterocycles. The molecule has 1 aliphatic rings. The van der Waals surface area contributed by atoms with Crippen molar-refractivity contribution in [1.29, 1.82) is 0 Å². The van der Waals surface area contributed by atoms with Crippen LogP contribution in [-0.4, -0.2) is 5.78 Å². The van der Waals surface area contributed by atoms with Gasteiger partial charge in [0.2, 0.25) is 0 Å². The van der Waals surface area contributed by atoms with Crippen molar-refractivity contribution in [3.63, 3.8) is 0 Å². The Bertz CT molecular complexity index is 305. The third kappa shape index (κ3) is 2.14. The van der Waals surface area contributed by atoms with Crippen molar-refractivity contribution in [2.45, 2.75) is 41.0 Å². The first kappa shape index (κ1) is 11.2. The molecule has 0 saturated heterocycles. The molecule has 1 heteroatoms. The minimum atomic E-state index is 0.196. The van der Waals surface area contributed by atoms with E-state index in [0.29, 0.717) is 11.7 Å². The first-order chi connectivity index (χ1) is 6.43. The summed E-state index contributed by atoms with van der Waals surface area (Å²) >= 11 is 0. The van der Waals surface area contributed by atoms with E-state index >= 15 is 0 Å². The molecule has 78 valence electrons. The lowest BCUT2D eigenvalue weighted by atomic mass is 9.99. The maximum absolute atomic E-state index is 11.8. The Morgan fingerprint density at radius 1 is 1.50 bits per heavy atom. The first-order valence-electron chi connectivity index (χ1n) is 5.35. The number of allylic oxidation sites excluding steroid dienone is 4. The number of hydrogen-bond donors (Lipinski definition) is 0. The smallest absolute Gasteiger partial charge is 0.165 e. The highest BCUT2D eigenvalue weighted by atomic mass is 16.1. The first-order valence-corrected chi connectivity index (χ1v) is 5.35. The van der Waals surface area contributed by atoms with E-state index in [2.05, 4.69) is 33.8 Å². The summed E-state index contributed by atoms with van der Waals surface area (Å²) in [7, 11) is 0. The van der Waals surface area contributed by atoms with Gasteiger partial charge in [-0.05, 0) is 26.2 Å². The Morgan fingerprint density at radius 2 is 2.07 bits per heavy atom. The van der Waals surface area contributed by atoms with E-state index in [0.717, 1.165) is 12.0 Å². The molecule has 1 nitrogen and oxygen atoms in total. The predicted molar refractivity (Wildman–Crippen MR) is 60.1 cm³/mol. The van der Waals surface area contributed by atoms with Gasteiger partial charge in [0.1, 0.15) is 0 Å². The van der Waals surface area contributed by atoms with E-state index in [9.17, 15) is 4.79 Å².